The third kappa shape index (κ3) is 3.92. The summed E-state index contributed by atoms with van der Waals surface area (Å²) in [5.74, 6) is -1.89. The standard InChI is InChI=1S/C12H16N2O5/c1-7(15)8-5-9(14(2)6-8)11(17)13-4-3-10(16)12(18)19/h5-6,10,16H,3-4H2,1-2H3,(H,13,17)(H,18,19)/t10-/m0/s1. The highest BCUT2D eigenvalue weighted by atomic mass is 16.4. The van der Waals surface area contributed by atoms with Crippen molar-refractivity contribution in [3.05, 3.63) is 23.5 Å². The number of aryl methyl sites for hydroxylation is 1. The number of carbonyl (C=O) groups is 3. The lowest BCUT2D eigenvalue weighted by atomic mass is 10.2. The summed E-state index contributed by atoms with van der Waals surface area (Å²) < 4.78 is 1.51. The molecule has 0 unspecified atom stereocenters. The van der Waals surface area contributed by atoms with E-state index in [1.165, 1.54) is 17.6 Å². The number of ketones is 1. The van der Waals surface area contributed by atoms with Crippen LogP contribution in [0.1, 0.15) is 34.2 Å². The Bertz CT molecular complexity index is 506. The number of hydrogen-bond donors (Lipinski definition) is 3. The predicted molar refractivity (Wildman–Crippen MR) is 66.0 cm³/mol. The smallest absolute Gasteiger partial charge is 0.332 e. The van der Waals surface area contributed by atoms with Crippen LogP contribution in [0, 0.1) is 0 Å². The Morgan fingerprint density at radius 2 is 2.05 bits per heavy atom. The Morgan fingerprint density at radius 3 is 2.53 bits per heavy atom. The first-order valence-corrected chi connectivity index (χ1v) is 5.69. The average Bonchev–Trinajstić information content (AvgIpc) is 2.71. The first-order valence-electron chi connectivity index (χ1n) is 5.69. The minimum atomic E-state index is -1.50. The van der Waals surface area contributed by atoms with Gasteiger partial charge in [0.05, 0.1) is 0 Å². The molecule has 1 heterocycles. The summed E-state index contributed by atoms with van der Waals surface area (Å²) in [6.45, 7) is 1.44. The quantitative estimate of drug-likeness (QED) is 0.619. The summed E-state index contributed by atoms with van der Waals surface area (Å²) in [5, 5.41) is 20.0. The highest BCUT2D eigenvalue weighted by molar-refractivity contribution is 5.99. The number of carbonyl (C=O) groups excluding carboxylic acids is 2. The zero-order valence-corrected chi connectivity index (χ0v) is 10.7. The van der Waals surface area contributed by atoms with Gasteiger partial charge in [0.15, 0.2) is 11.9 Å². The van der Waals surface area contributed by atoms with Crippen LogP contribution in [0.2, 0.25) is 0 Å². The Kier molecular flexibility index (Phi) is 4.82. The monoisotopic (exact) mass is 268 g/mol. The zero-order valence-electron chi connectivity index (χ0n) is 10.7. The second-order valence-electron chi connectivity index (χ2n) is 4.18. The number of amides is 1. The number of Topliss-reactive ketones (excluding diaryl/α,β-unsaturated/α-hetero) is 1. The fourth-order valence-corrected chi connectivity index (χ4v) is 1.52. The number of nitrogens with one attached hydrogen (secondary N) is 1. The lowest BCUT2D eigenvalue weighted by Gasteiger charge is -2.07. The molecule has 0 bridgehead atoms. The van der Waals surface area contributed by atoms with E-state index in [1.54, 1.807) is 13.2 Å². The number of aromatic nitrogens is 1. The van der Waals surface area contributed by atoms with Crippen molar-refractivity contribution in [1.29, 1.82) is 0 Å². The van der Waals surface area contributed by atoms with E-state index < -0.39 is 18.0 Å². The molecule has 1 rings (SSSR count). The third-order valence-electron chi connectivity index (χ3n) is 2.63. The lowest BCUT2D eigenvalue weighted by Crippen LogP contribution is -2.30. The van der Waals surface area contributed by atoms with Crippen molar-refractivity contribution in [3.63, 3.8) is 0 Å². The molecule has 0 saturated heterocycles. The Hall–Kier alpha value is -2.15. The van der Waals surface area contributed by atoms with E-state index in [0.29, 0.717) is 11.3 Å². The van der Waals surface area contributed by atoms with Gasteiger partial charge >= 0.3 is 5.97 Å². The molecule has 0 spiro atoms. The Labute approximate surface area is 109 Å². The Morgan fingerprint density at radius 1 is 1.42 bits per heavy atom. The van der Waals surface area contributed by atoms with Crippen LogP contribution < -0.4 is 5.32 Å². The van der Waals surface area contributed by atoms with Gasteiger partial charge in [-0.1, -0.05) is 0 Å². The molecule has 0 radical (unpaired) electrons. The predicted octanol–water partition coefficient (Wildman–Crippen LogP) is -0.207. The van der Waals surface area contributed by atoms with E-state index in [1.807, 2.05) is 0 Å². The molecule has 0 aromatic carbocycles. The second-order valence-corrected chi connectivity index (χ2v) is 4.18. The number of nitrogens with zero attached hydrogens (tertiary/aromatic N) is 1. The van der Waals surface area contributed by atoms with Crippen LogP contribution in [-0.2, 0) is 11.8 Å². The molecule has 7 nitrogen and oxygen atoms in total. The normalized spacial score (nSPS) is 11.9. The van der Waals surface area contributed by atoms with E-state index in [0.717, 1.165) is 0 Å². The number of hydrogen-bond acceptors (Lipinski definition) is 4. The fraction of sp³-hybridized carbons (Fsp3) is 0.417. The highest BCUT2D eigenvalue weighted by Gasteiger charge is 2.16. The molecule has 0 saturated carbocycles. The van der Waals surface area contributed by atoms with E-state index in [9.17, 15) is 14.4 Å². The van der Waals surface area contributed by atoms with Gasteiger partial charge < -0.3 is 20.1 Å². The maximum absolute atomic E-state index is 11.8. The molecular formula is C12H16N2O5. The molecule has 19 heavy (non-hydrogen) atoms. The van der Waals surface area contributed by atoms with Crippen LogP contribution in [0.25, 0.3) is 0 Å². The summed E-state index contributed by atoms with van der Waals surface area (Å²) in [4.78, 5) is 33.3. The van der Waals surface area contributed by atoms with Crippen molar-refractivity contribution in [2.24, 2.45) is 7.05 Å². The molecule has 0 aliphatic carbocycles. The summed E-state index contributed by atoms with van der Waals surface area (Å²) in [6.07, 6.45) is -0.0319. The van der Waals surface area contributed by atoms with Gasteiger partial charge in [0.1, 0.15) is 5.69 Å². The van der Waals surface area contributed by atoms with Crippen LogP contribution in [0.4, 0.5) is 0 Å². The summed E-state index contributed by atoms with van der Waals surface area (Å²) in [5.41, 5.74) is 0.730. The van der Waals surface area contributed by atoms with Crippen LogP contribution in [0.15, 0.2) is 12.3 Å². The second kappa shape index (κ2) is 6.14. The molecule has 7 heteroatoms. The van der Waals surface area contributed by atoms with E-state index in [4.69, 9.17) is 10.2 Å². The van der Waals surface area contributed by atoms with Crippen molar-refractivity contribution in [3.8, 4) is 0 Å². The number of rotatable bonds is 6. The topological polar surface area (TPSA) is 109 Å². The molecule has 104 valence electrons. The lowest BCUT2D eigenvalue weighted by molar-refractivity contribution is -0.146. The molecular weight excluding hydrogens is 252 g/mol. The van der Waals surface area contributed by atoms with Crippen molar-refractivity contribution >= 4 is 17.7 Å². The first-order chi connectivity index (χ1) is 8.82. The number of aliphatic hydroxyl groups excluding tert-OH is 1. The first kappa shape index (κ1) is 14.9. The van der Waals surface area contributed by atoms with Gasteiger partial charge in [-0.2, -0.15) is 0 Å². The average molecular weight is 268 g/mol. The van der Waals surface area contributed by atoms with Crippen LogP contribution >= 0.6 is 0 Å². The van der Waals surface area contributed by atoms with Crippen molar-refractivity contribution in [2.75, 3.05) is 6.54 Å². The summed E-state index contributed by atoms with van der Waals surface area (Å²) >= 11 is 0. The van der Waals surface area contributed by atoms with Gasteiger partial charge in [0.2, 0.25) is 0 Å². The summed E-state index contributed by atoms with van der Waals surface area (Å²) in [7, 11) is 1.63. The number of carboxylic acid groups (broad SMARTS) is 1. The number of carboxylic acids is 1. The molecule has 1 atom stereocenters. The van der Waals surface area contributed by atoms with Crippen LogP contribution in [-0.4, -0.2) is 45.1 Å². The molecule has 1 amide bonds. The zero-order chi connectivity index (χ0) is 14.6. The Balaban J connectivity index is 2.59. The van der Waals surface area contributed by atoms with Crippen LogP contribution in [0.5, 0.6) is 0 Å². The van der Waals surface area contributed by atoms with Gasteiger partial charge in [0, 0.05) is 31.8 Å². The maximum Gasteiger partial charge on any atom is 0.332 e. The molecule has 1 aromatic heterocycles. The highest BCUT2D eigenvalue weighted by Crippen LogP contribution is 2.08. The van der Waals surface area contributed by atoms with Gasteiger partial charge in [-0.15, -0.1) is 0 Å². The van der Waals surface area contributed by atoms with E-state index in [2.05, 4.69) is 5.32 Å². The van der Waals surface area contributed by atoms with Crippen LogP contribution in [0.3, 0.4) is 0 Å². The van der Waals surface area contributed by atoms with E-state index >= 15 is 0 Å². The van der Waals surface area contributed by atoms with Gasteiger partial charge in [-0.3, -0.25) is 9.59 Å². The SMILES string of the molecule is CC(=O)c1cc(C(=O)NCC[C@H](O)C(=O)O)n(C)c1. The molecule has 0 fully saturated rings. The maximum atomic E-state index is 11.8. The molecule has 0 aliphatic rings. The molecule has 0 aliphatic heterocycles. The van der Waals surface area contributed by atoms with Crippen molar-refractivity contribution in [2.45, 2.75) is 19.4 Å². The number of aliphatic carboxylic acids is 1. The summed E-state index contributed by atoms with van der Waals surface area (Å²) in [6, 6.07) is 1.46. The van der Waals surface area contributed by atoms with Gasteiger partial charge in [-0.05, 0) is 13.0 Å². The minimum absolute atomic E-state index is 0.0346. The molecule has 1 aromatic rings. The fourth-order valence-electron chi connectivity index (χ4n) is 1.52. The largest absolute Gasteiger partial charge is 0.479 e. The van der Waals surface area contributed by atoms with Crippen molar-refractivity contribution in [1.82, 2.24) is 9.88 Å². The number of aliphatic hydroxyl groups is 1. The van der Waals surface area contributed by atoms with E-state index in [-0.39, 0.29) is 18.7 Å². The molecule has 3 N–H and O–H groups in total. The minimum Gasteiger partial charge on any atom is -0.479 e. The van der Waals surface area contributed by atoms with Crippen molar-refractivity contribution < 1.29 is 24.6 Å². The van der Waals surface area contributed by atoms with Gasteiger partial charge in [0.25, 0.3) is 5.91 Å². The third-order valence-corrected chi connectivity index (χ3v) is 2.63. The van der Waals surface area contributed by atoms with Gasteiger partial charge in [-0.25, -0.2) is 4.79 Å².